The van der Waals surface area contributed by atoms with Crippen LogP contribution in [0.25, 0.3) is 0 Å². The Morgan fingerprint density at radius 2 is 2.55 bits per heavy atom. The lowest BCUT2D eigenvalue weighted by molar-refractivity contribution is 0.109. The van der Waals surface area contributed by atoms with Crippen molar-refractivity contribution in [2.45, 2.75) is 12.2 Å². The van der Waals surface area contributed by atoms with E-state index in [1.54, 1.807) is 6.26 Å². The number of hydrogen-bond acceptors (Lipinski definition) is 3. The molecule has 3 heteroatoms. The van der Waals surface area contributed by atoms with Gasteiger partial charge in [-0.25, -0.2) is 0 Å². The van der Waals surface area contributed by atoms with Gasteiger partial charge in [0, 0.05) is 16.9 Å². The van der Waals surface area contributed by atoms with E-state index in [2.05, 4.69) is 0 Å². The van der Waals surface area contributed by atoms with Gasteiger partial charge in [-0.3, -0.25) is 4.79 Å². The zero-order valence-corrected chi connectivity index (χ0v) is 6.82. The molecule has 0 saturated heterocycles. The molecule has 11 heavy (non-hydrogen) atoms. The quantitative estimate of drug-likeness (QED) is 0.600. The Bertz CT molecular complexity index is 278. The molecule has 0 atom stereocenters. The van der Waals surface area contributed by atoms with Crippen molar-refractivity contribution in [2.75, 3.05) is 5.75 Å². The molecule has 0 fully saturated rings. The second-order valence-corrected chi connectivity index (χ2v) is 3.63. The number of thioether (sulfide) groups is 1. The van der Waals surface area contributed by atoms with Crippen LogP contribution in [0.2, 0.25) is 0 Å². The van der Waals surface area contributed by atoms with Crippen LogP contribution in [-0.2, 0) is 12.2 Å². The lowest BCUT2D eigenvalue weighted by Crippen LogP contribution is -2.00. The van der Waals surface area contributed by atoms with Crippen LogP contribution in [0.1, 0.15) is 21.7 Å². The highest BCUT2D eigenvalue weighted by Crippen LogP contribution is 2.27. The summed E-state index contributed by atoms with van der Waals surface area (Å²) in [7, 11) is 0. The molecular formula is C8H8O2S. The van der Waals surface area contributed by atoms with Crippen molar-refractivity contribution < 1.29 is 9.21 Å². The summed E-state index contributed by atoms with van der Waals surface area (Å²) in [6.45, 7) is 0. The van der Waals surface area contributed by atoms with Crippen molar-refractivity contribution in [1.29, 1.82) is 0 Å². The highest BCUT2D eigenvalue weighted by molar-refractivity contribution is 7.98. The summed E-state index contributed by atoms with van der Waals surface area (Å²) in [4.78, 5) is 10.4. The first kappa shape index (κ1) is 6.98. The SMILES string of the molecule is O=Cc1occ2c1CCSC2. The second-order valence-electron chi connectivity index (χ2n) is 2.52. The third-order valence-electron chi connectivity index (χ3n) is 1.87. The maximum absolute atomic E-state index is 10.4. The van der Waals surface area contributed by atoms with E-state index in [-0.39, 0.29) is 0 Å². The Morgan fingerprint density at radius 1 is 1.64 bits per heavy atom. The van der Waals surface area contributed by atoms with Gasteiger partial charge in [0.2, 0.25) is 0 Å². The summed E-state index contributed by atoms with van der Waals surface area (Å²) in [6, 6.07) is 0. The maximum atomic E-state index is 10.4. The topological polar surface area (TPSA) is 30.2 Å². The predicted molar refractivity (Wildman–Crippen MR) is 44.0 cm³/mol. The number of aldehydes is 1. The third kappa shape index (κ3) is 1.09. The highest BCUT2D eigenvalue weighted by Gasteiger charge is 2.16. The summed E-state index contributed by atoms with van der Waals surface area (Å²) < 4.78 is 5.09. The fraction of sp³-hybridized carbons (Fsp3) is 0.375. The van der Waals surface area contributed by atoms with Gasteiger partial charge in [0.05, 0.1) is 6.26 Å². The Balaban J connectivity index is 2.45. The lowest BCUT2D eigenvalue weighted by Gasteiger charge is -2.08. The van der Waals surface area contributed by atoms with Gasteiger partial charge in [0.15, 0.2) is 12.0 Å². The van der Waals surface area contributed by atoms with E-state index in [1.807, 2.05) is 11.8 Å². The summed E-state index contributed by atoms with van der Waals surface area (Å²) in [6.07, 6.45) is 3.48. The van der Waals surface area contributed by atoms with Gasteiger partial charge in [-0.1, -0.05) is 0 Å². The van der Waals surface area contributed by atoms with E-state index >= 15 is 0 Å². The number of fused-ring (bicyclic) bond motifs is 1. The van der Waals surface area contributed by atoms with E-state index in [1.165, 1.54) is 5.56 Å². The molecule has 0 aliphatic carbocycles. The van der Waals surface area contributed by atoms with Gasteiger partial charge < -0.3 is 4.42 Å². The summed E-state index contributed by atoms with van der Waals surface area (Å²) in [5.41, 5.74) is 2.32. The van der Waals surface area contributed by atoms with E-state index < -0.39 is 0 Å². The summed E-state index contributed by atoms with van der Waals surface area (Å²) in [5.74, 6) is 2.63. The fourth-order valence-electron chi connectivity index (χ4n) is 1.30. The average molecular weight is 168 g/mol. The van der Waals surface area contributed by atoms with E-state index in [4.69, 9.17) is 4.42 Å². The summed E-state index contributed by atoms with van der Waals surface area (Å²) >= 11 is 1.89. The van der Waals surface area contributed by atoms with Crippen molar-refractivity contribution in [1.82, 2.24) is 0 Å². The minimum absolute atomic E-state index is 0.528. The molecule has 1 aliphatic heterocycles. The van der Waals surface area contributed by atoms with Crippen LogP contribution in [0.5, 0.6) is 0 Å². The van der Waals surface area contributed by atoms with Gasteiger partial charge in [0.25, 0.3) is 0 Å². The molecular weight excluding hydrogens is 160 g/mol. The molecule has 0 radical (unpaired) electrons. The smallest absolute Gasteiger partial charge is 0.185 e. The predicted octanol–water partition coefficient (Wildman–Crippen LogP) is 1.88. The second kappa shape index (κ2) is 2.74. The van der Waals surface area contributed by atoms with Crippen molar-refractivity contribution >= 4 is 18.0 Å². The zero-order chi connectivity index (χ0) is 7.68. The van der Waals surface area contributed by atoms with Crippen molar-refractivity contribution in [3.8, 4) is 0 Å². The van der Waals surface area contributed by atoms with E-state index in [9.17, 15) is 4.79 Å². The van der Waals surface area contributed by atoms with Gasteiger partial charge in [-0.15, -0.1) is 0 Å². The first-order valence-electron chi connectivity index (χ1n) is 3.54. The normalized spacial score (nSPS) is 16.0. The molecule has 0 saturated carbocycles. The molecule has 0 amide bonds. The van der Waals surface area contributed by atoms with Gasteiger partial charge in [0.1, 0.15) is 0 Å². The molecule has 2 nitrogen and oxygen atoms in total. The number of furan rings is 1. The standard InChI is InChI=1S/C8H8O2S/c9-3-8-7-1-2-11-5-6(7)4-10-8/h3-4H,1-2,5H2. The van der Waals surface area contributed by atoms with Crippen LogP contribution in [0, 0.1) is 0 Å². The Labute approximate surface area is 69.0 Å². The molecule has 0 N–H and O–H groups in total. The molecule has 0 aromatic carbocycles. The van der Waals surface area contributed by atoms with Crippen LogP contribution in [0.4, 0.5) is 0 Å². The van der Waals surface area contributed by atoms with E-state index in [0.29, 0.717) is 5.76 Å². The van der Waals surface area contributed by atoms with Crippen molar-refractivity contribution in [3.05, 3.63) is 23.2 Å². The Hall–Kier alpha value is -0.700. The third-order valence-corrected chi connectivity index (χ3v) is 2.88. The first-order valence-corrected chi connectivity index (χ1v) is 4.69. The van der Waals surface area contributed by atoms with Crippen molar-refractivity contribution in [3.63, 3.8) is 0 Å². The van der Waals surface area contributed by atoms with Crippen LogP contribution in [0.3, 0.4) is 0 Å². The average Bonchev–Trinajstić information content (AvgIpc) is 2.47. The zero-order valence-electron chi connectivity index (χ0n) is 6.00. The lowest BCUT2D eigenvalue weighted by atomic mass is 10.1. The Kier molecular flexibility index (Phi) is 1.74. The highest BCUT2D eigenvalue weighted by atomic mass is 32.2. The van der Waals surface area contributed by atoms with Gasteiger partial charge in [-0.2, -0.15) is 11.8 Å². The molecule has 58 valence electrons. The summed E-state index contributed by atoms with van der Waals surface area (Å²) in [5, 5.41) is 0. The Morgan fingerprint density at radius 3 is 3.36 bits per heavy atom. The van der Waals surface area contributed by atoms with Crippen LogP contribution in [0.15, 0.2) is 10.7 Å². The van der Waals surface area contributed by atoms with Gasteiger partial charge in [-0.05, 0) is 12.2 Å². The molecule has 0 unspecified atom stereocenters. The number of carbonyl (C=O) groups is 1. The molecule has 1 aromatic rings. The molecule has 2 rings (SSSR count). The number of carbonyl (C=O) groups excluding carboxylic acids is 1. The molecule has 1 aromatic heterocycles. The van der Waals surface area contributed by atoms with Gasteiger partial charge >= 0.3 is 0 Å². The molecule has 0 spiro atoms. The largest absolute Gasteiger partial charge is 0.461 e. The monoisotopic (exact) mass is 168 g/mol. The minimum Gasteiger partial charge on any atom is -0.461 e. The van der Waals surface area contributed by atoms with E-state index in [0.717, 1.165) is 29.8 Å². The van der Waals surface area contributed by atoms with Crippen molar-refractivity contribution in [2.24, 2.45) is 0 Å². The van der Waals surface area contributed by atoms with Crippen LogP contribution >= 0.6 is 11.8 Å². The molecule has 2 heterocycles. The van der Waals surface area contributed by atoms with Crippen LogP contribution in [-0.4, -0.2) is 12.0 Å². The number of hydrogen-bond donors (Lipinski definition) is 0. The maximum Gasteiger partial charge on any atom is 0.185 e. The fourth-order valence-corrected chi connectivity index (χ4v) is 2.25. The molecule has 0 bridgehead atoms. The van der Waals surface area contributed by atoms with Crippen LogP contribution < -0.4 is 0 Å². The first-order chi connectivity index (χ1) is 5.42. The molecule has 1 aliphatic rings. The minimum atomic E-state index is 0.528. The number of rotatable bonds is 1.